The second-order valence-electron chi connectivity index (χ2n) is 3.33. The molecule has 0 aliphatic carbocycles. The lowest BCUT2D eigenvalue weighted by atomic mass is 10.1. The van der Waals surface area contributed by atoms with Gasteiger partial charge in [-0.05, 0) is 12.1 Å². The zero-order valence-corrected chi connectivity index (χ0v) is 11.2. The van der Waals surface area contributed by atoms with E-state index < -0.39 is 0 Å². The van der Waals surface area contributed by atoms with Gasteiger partial charge >= 0.3 is 0 Å². The molecule has 0 radical (unpaired) electrons. The van der Waals surface area contributed by atoms with Crippen LogP contribution in [0.3, 0.4) is 0 Å². The van der Waals surface area contributed by atoms with Crippen molar-refractivity contribution in [2.75, 3.05) is 14.2 Å². The van der Waals surface area contributed by atoms with E-state index in [2.05, 4.69) is 20.9 Å². The highest BCUT2D eigenvalue weighted by molar-refractivity contribution is 9.08. The average Bonchev–Trinajstić information content (AvgIpc) is 2.85. The van der Waals surface area contributed by atoms with Crippen molar-refractivity contribution in [2.24, 2.45) is 0 Å². The van der Waals surface area contributed by atoms with Gasteiger partial charge < -0.3 is 13.9 Å². The highest BCUT2D eigenvalue weighted by Crippen LogP contribution is 2.35. The van der Waals surface area contributed by atoms with E-state index in [0.29, 0.717) is 16.8 Å². The van der Waals surface area contributed by atoms with Crippen LogP contribution in [0.2, 0.25) is 0 Å². The van der Waals surface area contributed by atoms with Gasteiger partial charge in [0.1, 0.15) is 11.5 Å². The van der Waals surface area contributed by atoms with Crippen molar-refractivity contribution in [1.82, 2.24) is 4.98 Å². The van der Waals surface area contributed by atoms with E-state index in [1.165, 1.54) is 6.39 Å². The number of halogens is 1. The summed E-state index contributed by atoms with van der Waals surface area (Å²) in [5.41, 5.74) is 1.70. The van der Waals surface area contributed by atoms with Crippen LogP contribution < -0.4 is 9.47 Å². The van der Waals surface area contributed by atoms with Gasteiger partial charge in [-0.1, -0.05) is 15.9 Å². The molecule has 4 nitrogen and oxygen atoms in total. The molecule has 0 aliphatic heterocycles. The maximum atomic E-state index is 5.40. The lowest BCUT2D eigenvalue weighted by molar-refractivity contribution is 0.394. The van der Waals surface area contributed by atoms with Crippen molar-refractivity contribution >= 4 is 15.9 Å². The number of alkyl halides is 1. The van der Waals surface area contributed by atoms with E-state index in [-0.39, 0.29) is 0 Å². The third-order valence-corrected chi connectivity index (χ3v) is 2.95. The number of aromatic nitrogens is 1. The largest absolute Gasteiger partial charge is 0.497 e. The van der Waals surface area contributed by atoms with Gasteiger partial charge in [-0.2, -0.15) is 0 Å². The third-order valence-electron chi connectivity index (χ3n) is 2.42. The molecule has 1 aromatic carbocycles. The lowest BCUT2D eigenvalue weighted by Crippen LogP contribution is -1.91. The van der Waals surface area contributed by atoms with Crippen molar-refractivity contribution < 1.29 is 13.9 Å². The first-order chi connectivity index (χ1) is 8.30. The molecule has 0 bridgehead atoms. The Hall–Kier alpha value is -1.49. The Morgan fingerprint density at radius 3 is 2.76 bits per heavy atom. The average molecular weight is 298 g/mol. The molecule has 1 aromatic heterocycles. The Balaban J connectivity index is 2.51. The van der Waals surface area contributed by atoms with Crippen molar-refractivity contribution in [1.29, 1.82) is 0 Å². The fourth-order valence-electron chi connectivity index (χ4n) is 1.57. The molecule has 0 amide bonds. The van der Waals surface area contributed by atoms with Crippen LogP contribution >= 0.6 is 15.9 Å². The van der Waals surface area contributed by atoms with Crippen LogP contribution in [-0.2, 0) is 5.33 Å². The topological polar surface area (TPSA) is 44.5 Å². The molecule has 0 unspecified atom stereocenters. The third kappa shape index (κ3) is 2.29. The van der Waals surface area contributed by atoms with Gasteiger partial charge in [-0.15, -0.1) is 0 Å². The van der Waals surface area contributed by atoms with E-state index in [4.69, 9.17) is 13.9 Å². The predicted molar refractivity (Wildman–Crippen MR) is 67.7 cm³/mol. The molecule has 0 atom stereocenters. The number of hydrogen-bond acceptors (Lipinski definition) is 4. The molecule has 1 heterocycles. The minimum Gasteiger partial charge on any atom is -0.497 e. The van der Waals surface area contributed by atoms with Crippen LogP contribution in [0.5, 0.6) is 11.5 Å². The quantitative estimate of drug-likeness (QED) is 0.813. The Morgan fingerprint density at radius 2 is 2.12 bits per heavy atom. The minimum absolute atomic E-state index is 0.633. The van der Waals surface area contributed by atoms with Crippen molar-refractivity contribution in [3.63, 3.8) is 0 Å². The number of methoxy groups -OCH3 is 2. The fraction of sp³-hybridized carbons (Fsp3) is 0.250. The second-order valence-corrected chi connectivity index (χ2v) is 3.89. The fourth-order valence-corrected chi connectivity index (χ4v) is 1.97. The van der Waals surface area contributed by atoms with Crippen molar-refractivity contribution in [3.05, 3.63) is 30.3 Å². The molecule has 17 heavy (non-hydrogen) atoms. The molecule has 0 N–H and O–H groups in total. The SMILES string of the molecule is COc1ccc(-c2ocnc2CBr)c(OC)c1. The summed E-state index contributed by atoms with van der Waals surface area (Å²) >= 11 is 3.37. The summed E-state index contributed by atoms with van der Waals surface area (Å²) in [4.78, 5) is 4.13. The van der Waals surface area contributed by atoms with Crippen LogP contribution in [0.25, 0.3) is 11.3 Å². The number of oxazole rings is 1. The normalized spacial score (nSPS) is 10.3. The summed E-state index contributed by atoms with van der Waals surface area (Å²) in [5.74, 6) is 2.15. The minimum atomic E-state index is 0.633. The number of nitrogens with zero attached hydrogens (tertiary/aromatic N) is 1. The predicted octanol–water partition coefficient (Wildman–Crippen LogP) is 3.25. The van der Waals surface area contributed by atoms with Crippen LogP contribution in [0.15, 0.2) is 29.0 Å². The van der Waals surface area contributed by atoms with Gasteiger partial charge in [-0.3, -0.25) is 0 Å². The van der Waals surface area contributed by atoms with E-state index in [0.717, 1.165) is 17.0 Å². The maximum Gasteiger partial charge on any atom is 0.181 e. The number of ether oxygens (including phenoxy) is 2. The maximum absolute atomic E-state index is 5.40. The molecule has 5 heteroatoms. The van der Waals surface area contributed by atoms with Gasteiger partial charge in [0.25, 0.3) is 0 Å². The van der Waals surface area contributed by atoms with E-state index >= 15 is 0 Å². The van der Waals surface area contributed by atoms with Gasteiger partial charge in [-0.25, -0.2) is 4.98 Å². The summed E-state index contributed by atoms with van der Waals surface area (Å²) in [5, 5.41) is 0.633. The van der Waals surface area contributed by atoms with Crippen LogP contribution in [0.1, 0.15) is 5.69 Å². The van der Waals surface area contributed by atoms with Crippen molar-refractivity contribution in [2.45, 2.75) is 5.33 Å². The van der Waals surface area contributed by atoms with Gasteiger partial charge in [0.05, 0.1) is 25.5 Å². The van der Waals surface area contributed by atoms with Crippen LogP contribution in [0.4, 0.5) is 0 Å². The molecular weight excluding hydrogens is 286 g/mol. The monoisotopic (exact) mass is 297 g/mol. The summed E-state index contributed by atoms with van der Waals surface area (Å²) in [6, 6.07) is 5.57. The number of benzene rings is 1. The van der Waals surface area contributed by atoms with Crippen LogP contribution in [-0.4, -0.2) is 19.2 Å². The second kappa shape index (κ2) is 5.23. The first-order valence-corrected chi connectivity index (χ1v) is 6.13. The Labute approximate surface area is 108 Å². The smallest absolute Gasteiger partial charge is 0.181 e. The summed E-state index contributed by atoms with van der Waals surface area (Å²) in [7, 11) is 3.23. The highest BCUT2D eigenvalue weighted by atomic mass is 79.9. The highest BCUT2D eigenvalue weighted by Gasteiger charge is 2.15. The Morgan fingerprint density at radius 1 is 1.29 bits per heavy atom. The number of hydrogen-bond donors (Lipinski definition) is 0. The molecule has 0 fully saturated rings. The zero-order chi connectivity index (χ0) is 12.3. The molecule has 0 spiro atoms. The Kier molecular flexibility index (Phi) is 3.68. The van der Waals surface area contributed by atoms with Gasteiger partial charge in [0.2, 0.25) is 0 Å². The van der Waals surface area contributed by atoms with Gasteiger partial charge in [0.15, 0.2) is 12.2 Å². The van der Waals surface area contributed by atoms with E-state index in [1.807, 2.05) is 18.2 Å². The lowest BCUT2D eigenvalue weighted by Gasteiger charge is -2.08. The summed E-state index contributed by atoms with van der Waals surface area (Å²) < 4.78 is 15.9. The molecule has 2 rings (SSSR count). The van der Waals surface area contributed by atoms with Crippen molar-refractivity contribution in [3.8, 4) is 22.8 Å². The number of rotatable bonds is 4. The molecule has 0 saturated carbocycles. The molecular formula is C12H12BrNO3. The summed E-state index contributed by atoms with van der Waals surface area (Å²) in [6.07, 6.45) is 1.43. The standard InChI is InChI=1S/C12H12BrNO3/c1-15-8-3-4-9(11(5-8)16-2)12-10(6-13)14-7-17-12/h3-5,7H,6H2,1-2H3. The molecule has 0 saturated heterocycles. The van der Waals surface area contributed by atoms with Gasteiger partial charge in [0, 0.05) is 11.4 Å². The molecule has 90 valence electrons. The Bertz CT molecular complexity index is 510. The van der Waals surface area contributed by atoms with E-state index in [9.17, 15) is 0 Å². The molecule has 0 aliphatic rings. The van der Waals surface area contributed by atoms with Crippen LogP contribution in [0, 0.1) is 0 Å². The first-order valence-electron chi connectivity index (χ1n) is 5.01. The first kappa shape index (κ1) is 12.0. The summed E-state index contributed by atoms with van der Waals surface area (Å²) in [6.45, 7) is 0. The van der Waals surface area contributed by atoms with E-state index in [1.54, 1.807) is 14.2 Å². The zero-order valence-electron chi connectivity index (χ0n) is 9.57. The molecule has 2 aromatic rings.